The standard InChI is InChI=1S/C14H13NO3S/c1-11-4-2-7-14(8-11)19(17,18)15-13-6-3-5-12(9-13)10-16/h2-10,15H,1H3. The van der Waals surface area contributed by atoms with Crippen LogP contribution in [0.5, 0.6) is 0 Å². The molecule has 1 N–H and O–H groups in total. The zero-order valence-corrected chi connectivity index (χ0v) is 11.1. The molecule has 0 radical (unpaired) electrons. The summed E-state index contributed by atoms with van der Waals surface area (Å²) in [6, 6.07) is 12.9. The maximum Gasteiger partial charge on any atom is 0.261 e. The second-order valence-electron chi connectivity index (χ2n) is 4.17. The van der Waals surface area contributed by atoms with E-state index in [0.717, 1.165) is 5.56 Å². The number of anilines is 1. The van der Waals surface area contributed by atoms with Crippen LogP contribution in [0.3, 0.4) is 0 Å². The van der Waals surface area contributed by atoms with Crippen molar-refractivity contribution in [2.45, 2.75) is 11.8 Å². The molecule has 5 heteroatoms. The molecule has 4 nitrogen and oxygen atoms in total. The van der Waals surface area contributed by atoms with Crippen molar-refractivity contribution in [2.24, 2.45) is 0 Å². The lowest BCUT2D eigenvalue weighted by molar-refractivity contribution is 0.112. The van der Waals surface area contributed by atoms with Crippen molar-refractivity contribution in [3.8, 4) is 0 Å². The van der Waals surface area contributed by atoms with Gasteiger partial charge in [0.25, 0.3) is 10.0 Å². The van der Waals surface area contributed by atoms with E-state index in [1.165, 1.54) is 12.1 Å². The van der Waals surface area contributed by atoms with Crippen molar-refractivity contribution < 1.29 is 13.2 Å². The van der Waals surface area contributed by atoms with Gasteiger partial charge in [0.15, 0.2) is 0 Å². The summed E-state index contributed by atoms with van der Waals surface area (Å²) < 4.78 is 26.8. The maximum absolute atomic E-state index is 12.2. The van der Waals surface area contributed by atoms with E-state index in [4.69, 9.17) is 0 Å². The van der Waals surface area contributed by atoms with Crippen molar-refractivity contribution in [1.29, 1.82) is 0 Å². The summed E-state index contributed by atoms with van der Waals surface area (Å²) in [4.78, 5) is 10.9. The largest absolute Gasteiger partial charge is 0.298 e. The fraction of sp³-hybridized carbons (Fsp3) is 0.0714. The van der Waals surface area contributed by atoms with Crippen LogP contribution in [-0.4, -0.2) is 14.7 Å². The molecule has 2 aromatic carbocycles. The number of aryl methyl sites for hydroxylation is 1. The van der Waals surface area contributed by atoms with Crippen LogP contribution in [0.4, 0.5) is 5.69 Å². The summed E-state index contributed by atoms with van der Waals surface area (Å²) in [5, 5.41) is 0. The van der Waals surface area contributed by atoms with E-state index in [-0.39, 0.29) is 4.90 Å². The molecule has 0 saturated carbocycles. The number of benzene rings is 2. The second kappa shape index (κ2) is 5.24. The Bertz CT molecular complexity index is 708. The molecule has 19 heavy (non-hydrogen) atoms. The highest BCUT2D eigenvalue weighted by Crippen LogP contribution is 2.17. The zero-order valence-electron chi connectivity index (χ0n) is 10.3. The van der Waals surface area contributed by atoms with Gasteiger partial charge >= 0.3 is 0 Å². The van der Waals surface area contributed by atoms with Gasteiger partial charge < -0.3 is 0 Å². The molecule has 2 rings (SSSR count). The molecular weight excluding hydrogens is 262 g/mol. The average Bonchev–Trinajstić information content (AvgIpc) is 2.38. The smallest absolute Gasteiger partial charge is 0.261 e. The van der Waals surface area contributed by atoms with Gasteiger partial charge in [-0.3, -0.25) is 9.52 Å². The minimum Gasteiger partial charge on any atom is -0.298 e. The van der Waals surface area contributed by atoms with E-state index >= 15 is 0 Å². The monoisotopic (exact) mass is 275 g/mol. The minimum atomic E-state index is -3.63. The highest BCUT2D eigenvalue weighted by atomic mass is 32.2. The molecule has 0 bridgehead atoms. The molecule has 0 fully saturated rings. The number of sulfonamides is 1. The number of hydrogen-bond donors (Lipinski definition) is 1. The van der Waals surface area contributed by atoms with E-state index in [1.54, 1.807) is 30.3 Å². The fourth-order valence-corrected chi connectivity index (χ4v) is 2.83. The van der Waals surface area contributed by atoms with Crippen molar-refractivity contribution >= 4 is 22.0 Å². The third-order valence-electron chi connectivity index (χ3n) is 2.57. The Balaban J connectivity index is 2.33. The van der Waals surface area contributed by atoms with Crippen LogP contribution >= 0.6 is 0 Å². The van der Waals surface area contributed by atoms with Gasteiger partial charge in [0.05, 0.1) is 4.90 Å². The van der Waals surface area contributed by atoms with Gasteiger partial charge in [-0.05, 0) is 36.8 Å². The Kier molecular flexibility index (Phi) is 3.66. The Hall–Kier alpha value is -2.14. The topological polar surface area (TPSA) is 63.2 Å². The quantitative estimate of drug-likeness (QED) is 0.872. The van der Waals surface area contributed by atoms with Crippen LogP contribution in [0.15, 0.2) is 53.4 Å². The Morgan fingerprint density at radius 1 is 1.05 bits per heavy atom. The first kappa shape index (κ1) is 13.3. The van der Waals surface area contributed by atoms with E-state index in [9.17, 15) is 13.2 Å². The number of carbonyl (C=O) groups excluding carboxylic acids is 1. The maximum atomic E-state index is 12.2. The summed E-state index contributed by atoms with van der Waals surface area (Å²) in [7, 11) is -3.63. The molecule has 2 aromatic rings. The molecule has 0 aromatic heterocycles. The second-order valence-corrected chi connectivity index (χ2v) is 5.85. The van der Waals surface area contributed by atoms with E-state index in [0.29, 0.717) is 17.5 Å². The van der Waals surface area contributed by atoms with Crippen LogP contribution in [0.25, 0.3) is 0 Å². The van der Waals surface area contributed by atoms with E-state index in [2.05, 4.69) is 4.72 Å². The summed E-state index contributed by atoms with van der Waals surface area (Å²) >= 11 is 0. The lowest BCUT2D eigenvalue weighted by atomic mass is 10.2. The Morgan fingerprint density at radius 2 is 1.79 bits per heavy atom. The average molecular weight is 275 g/mol. The van der Waals surface area contributed by atoms with Gasteiger partial charge in [-0.25, -0.2) is 8.42 Å². The predicted molar refractivity (Wildman–Crippen MR) is 73.8 cm³/mol. The van der Waals surface area contributed by atoms with E-state index < -0.39 is 10.0 Å². The molecule has 98 valence electrons. The summed E-state index contributed by atoms with van der Waals surface area (Å²) in [5.41, 5.74) is 1.65. The zero-order chi connectivity index (χ0) is 13.9. The first-order chi connectivity index (χ1) is 9.01. The Labute approximate surface area is 112 Å². The first-order valence-corrected chi connectivity index (χ1v) is 7.14. The first-order valence-electron chi connectivity index (χ1n) is 5.66. The highest BCUT2D eigenvalue weighted by Gasteiger charge is 2.14. The Morgan fingerprint density at radius 3 is 2.47 bits per heavy atom. The number of carbonyl (C=O) groups is 1. The van der Waals surface area contributed by atoms with Crippen LogP contribution in [0.2, 0.25) is 0 Å². The molecular formula is C14H13NO3S. The highest BCUT2D eigenvalue weighted by molar-refractivity contribution is 7.92. The van der Waals surface area contributed by atoms with Crippen molar-refractivity contribution in [3.63, 3.8) is 0 Å². The third kappa shape index (κ3) is 3.20. The van der Waals surface area contributed by atoms with Gasteiger partial charge in [-0.15, -0.1) is 0 Å². The SMILES string of the molecule is Cc1cccc(S(=O)(=O)Nc2cccc(C=O)c2)c1. The number of nitrogens with one attached hydrogen (secondary N) is 1. The predicted octanol–water partition coefficient (Wildman–Crippen LogP) is 2.61. The van der Waals surface area contributed by atoms with Crippen molar-refractivity contribution in [3.05, 3.63) is 59.7 Å². The molecule has 0 atom stereocenters. The molecule has 0 aliphatic rings. The van der Waals surface area contributed by atoms with Gasteiger partial charge in [0.2, 0.25) is 0 Å². The normalized spacial score (nSPS) is 11.0. The van der Waals surface area contributed by atoms with Crippen LogP contribution < -0.4 is 4.72 Å². The summed E-state index contributed by atoms with van der Waals surface area (Å²) in [6.07, 6.45) is 0.671. The van der Waals surface area contributed by atoms with Gasteiger partial charge in [0, 0.05) is 11.3 Å². The molecule has 0 saturated heterocycles. The lowest BCUT2D eigenvalue weighted by Crippen LogP contribution is -2.13. The molecule has 0 spiro atoms. The van der Waals surface area contributed by atoms with Crippen LogP contribution in [0.1, 0.15) is 15.9 Å². The molecule has 0 aliphatic heterocycles. The van der Waals surface area contributed by atoms with Gasteiger partial charge in [0.1, 0.15) is 6.29 Å². The minimum absolute atomic E-state index is 0.198. The lowest BCUT2D eigenvalue weighted by Gasteiger charge is -2.08. The molecule has 0 aliphatic carbocycles. The summed E-state index contributed by atoms with van der Waals surface area (Å²) in [6.45, 7) is 1.83. The van der Waals surface area contributed by atoms with Crippen molar-refractivity contribution in [2.75, 3.05) is 4.72 Å². The number of aldehydes is 1. The van der Waals surface area contributed by atoms with Gasteiger partial charge in [-0.1, -0.05) is 24.3 Å². The number of hydrogen-bond acceptors (Lipinski definition) is 3. The number of rotatable bonds is 4. The van der Waals surface area contributed by atoms with E-state index in [1.807, 2.05) is 13.0 Å². The van der Waals surface area contributed by atoms with Crippen LogP contribution in [0, 0.1) is 6.92 Å². The van der Waals surface area contributed by atoms with Gasteiger partial charge in [-0.2, -0.15) is 0 Å². The molecule has 0 heterocycles. The third-order valence-corrected chi connectivity index (χ3v) is 3.95. The van der Waals surface area contributed by atoms with Crippen LogP contribution in [-0.2, 0) is 10.0 Å². The summed E-state index contributed by atoms with van der Waals surface area (Å²) in [5.74, 6) is 0. The van der Waals surface area contributed by atoms with Crippen molar-refractivity contribution in [1.82, 2.24) is 0 Å². The fourth-order valence-electron chi connectivity index (χ4n) is 1.67. The molecule has 0 unspecified atom stereocenters. The molecule has 0 amide bonds.